The van der Waals surface area contributed by atoms with Crippen molar-refractivity contribution in [2.24, 2.45) is 0 Å². The van der Waals surface area contributed by atoms with Crippen LogP contribution in [0.1, 0.15) is 46.5 Å². The molecule has 0 aromatic heterocycles. The van der Waals surface area contributed by atoms with E-state index in [1.165, 1.54) is 0 Å². The molecule has 0 aromatic rings. The summed E-state index contributed by atoms with van der Waals surface area (Å²) in [6.45, 7) is 7.24. The van der Waals surface area contributed by atoms with Gasteiger partial charge in [-0.2, -0.15) is 0 Å². The summed E-state index contributed by atoms with van der Waals surface area (Å²) in [5.74, 6) is -0.742. The number of carboxylic acid groups (broad SMARTS) is 1. The molecule has 0 radical (unpaired) electrons. The van der Waals surface area contributed by atoms with Crippen molar-refractivity contribution in [2.75, 3.05) is 20.6 Å². The van der Waals surface area contributed by atoms with Gasteiger partial charge in [0.25, 0.3) is 0 Å². The van der Waals surface area contributed by atoms with Gasteiger partial charge in [0.2, 0.25) is 0 Å². The molecule has 0 aromatic carbocycles. The van der Waals surface area contributed by atoms with Crippen molar-refractivity contribution in [1.29, 1.82) is 0 Å². The molecular formula is C13H28N2O2. The van der Waals surface area contributed by atoms with Crippen LogP contribution < -0.4 is 5.32 Å². The van der Waals surface area contributed by atoms with E-state index in [4.69, 9.17) is 0 Å². The van der Waals surface area contributed by atoms with Crippen molar-refractivity contribution >= 4 is 5.97 Å². The fourth-order valence-corrected chi connectivity index (χ4v) is 2.01. The van der Waals surface area contributed by atoms with Gasteiger partial charge >= 0.3 is 5.97 Å². The van der Waals surface area contributed by atoms with E-state index in [0.29, 0.717) is 18.9 Å². The van der Waals surface area contributed by atoms with Gasteiger partial charge in [0.05, 0.1) is 0 Å². The first-order valence-electron chi connectivity index (χ1n) is 6.56. The van der Waals surface area contributed by atoms with Crippen LogP contribution in [-0.4, -0.2) is 48.2 Å². The minimum atomic E-state index is -0.754. The predicted octanol–water partition coefficient (Wildman–Crippen LogP) is 1.95. The van der Waals surface area contributed by atoms with E-state index < -0.39 is 11.5 Å². The molecule has 2 N–H and O–H groups in total. The summed E-state index contributed by atoms with van der Waals surface area (Å²) in [6.07, 6.45) is 3.32. The third-order valence-corrected chi connectivity index (χ3v) is 3.95. The Morgan fingerprint density at radius 2 is 2.06 bits per heavy atom. The minimum Gasteiger partial charge on any atom is -0.480 e. The Kier molecular flexibility index (Phi) is 7.39. The zero-order valence-corrected chi connectivity index (χ0v) is 11.9. The van der Waals surface area contributed by atoms with Gasteiger partial charge < -0.3 is 15.3 Å². The first-order valence-corrected chi connectivity index (χ1v) is 6.56. The summed E-state index contributed by atoms with van der Waals surface area (Å²) < 4.78 is 0. The van der Waals surface area contributed by atoms with Crippen molar-refractivity contribution < 1.29 is 9.90 Å². The summed E-state index contributed by atoms with van der Waals surface area (Å²) in [7, 11) is 3.83. The lowest BCUT2D eigenvalue weighted by atomic mass is 9.90. The molecule has 0 aliphatic heterocycles. The second-order valence-electron chi connectivity index (χ2n) is 4.83. The maximum atomic E-state index is 11.3. The number of likely N-dealkylation sites (N-methyl/N-ethyl adjacent to an activating group) is 1. The van der Waals surface area contributed by atoms with E-state index in [1.807, 2.05) is 6.92 Å². The quantitative estimate of drug-likeness (QED) is 0.651. The highest BCUT2D eigenvalue weighted by Crippen LogP contribution is 2.18. The molecule has 2 unspecified atom stereocenters. The number of rotatable bonds is 9. The van der Waals surface area contributed by atoms with Crippen molar-refractivity contribution in [3.05, 3.63) is 0 Å². The molecule has 0 rings (SSSR count). The largest absolute Gasteiger partial charge is 0.480 e. The monoisotopic (exact) mass is 244 g/mol. The molecule has 0 saturated carbocycles. The lowest BCUT2D eigenvalue weighted by Crippen LogP contribution is -2.50. The van der Waals surface area contributed by atoms with Gasteiger partial charge in [-0.05, 0) is 53.2 Å². The fraction of sp³-hybridized carbons (Fsp3) is 0.923. The molecule has 0 bridgehead atoms. The zero-order valence-electron chi connectivity index (χ0n) is 11.9. The fourth-order valence-electron chi connectivity index (χ4n) is 2.01. The Labute approximate surface area is 105 Å². The van der Waals surface area contributed by atoms with Gasteiger partial charge in [0, 0.05) is 6.04 Å². The maximum absolute atomic E-state index is 11.3. The second-order valence-corrected chi connectivity index (χ2v) is 4.83. The number of hydrogen-bond donors (Lipinski definition) is 2. The maximum Gasteiger partial charge on any atom is 0.323 e. The van der Waals surface area contributed by atoms with Crippen LogP contribution in [0.4, 0.5) is 0 Å². The van der Waals surface area contributed by atoms with Crippen LogP contribution in [0.15, 0.2) is 0 Å². The van der Waals surface area contributed by atoms with Gasteiger partial charge in [-0.3, -0.25) is 4.79 Å². The molecule has 2 atom stereocenters. The number of aliphatic carboxylic acids is 1. The lowest BCUT2D eigenvalue weighted by Gasteiger charge is -2.29. The third kappa shape index (κ3) is 4.64. The van der Waals surface area contributed by atoms with Crippen molar-refractivity contribution in [1.82, 2.24) is 10.2 Å². The Morgan fingerprint density at radius 3 is 2.41 bits per heavy atom. The van der Waals surface area contributed by atoms with E-state index in [-0.39, 0.29) is 0 Å². The smallest absolute Gasteiger partial charge is 0.323 e. The number of nitrogens with zero attached hydrogens (tertiary/aromatic N) is 1. The van der Waals surface area contributed by atoms with E-state index in [2.05, 4.69) is 31.1 Å². The summed E-state index contributed by atoms with van der Waals surface area (Å²) in [4.78, 5) is 13.6. The lowest BCUT2D eigenvalue weighted by molar-refractivity contribution is -0.145. The van der Waals surface area contributed by atoms with Gasteiger partial charge in [-0.1, -0.05) is 13.8 Å². The summed E-state index contributed by atoms with van der Waals surface area (Å²) in [5, 5.41) is 12.2. The third-order valence-electron chi connectivity index (χ3n) is 3.95. The number of nitrogens with one attached hydrogen (secondary N) is 1. The van der Waals surface area contributed by atoms with Gasteiger partial charge in [0.15, 0.2) is 0 Å². The normalized spacial score (nSPS) is 16.8. The molecule has 102 valence electrons. The Morgan fingerprint density at radius 1 is 1.47 bits per heavy atom. The van der Waals surface area contributed by atoms with Crippen molar-refractivity contribution in [3.63, 3.8) is 0 Å². The molecule has 0 aliphatic rings. The highest BCUT2D eigenvalue weighted by atomic mass is 16.4. The SMILES string of the molecule is CCC(C)N(C)CCCC(CC)(NC)C(=O)O. The Bertz CT molecular complexity index is 227. The van der Waals surface area contributed by atoms with Crippen LogP contribution in [-0.2, 0) is 4.79 Å². The Balaban J connectivity index is 4.20. The number of carboxylic acids is 1. The van der Waals surface area contributed by atoms with Crippen molar-refractivity contribution in [2.45, 2.75) is 58.0 Å². The Hall–Kier alpha value is -0.610. The van der Waals surface area contributed by atoms with Gasteiger partial charge in [-0.15, -0.1) is 0 Å². The van der Waals surface area contributed by atoms with Crippen LogP contribution in [0.25, 0.3) is 0 Å². The average molecular weight is 244 g/mol. The van der Waals surface area contributed by atoms with Crippen LogP contribution in [0.2, 0.25) is 0 Å². The highest BCUT2D eigenvalue weighted by Gasteiger charge is 2.34. The molecule has 0 heterocycles. The average Bonchev–Trinajstić information content (AvgIpc) is 2.33. The molecule has 0 saturated heterocycles. The zero-order chi connectivity index (χ0) is 13.5. The molecule has 17 heavy (non-hydrogen) atoms. The summed E-state index contributed by atoms with van der Waals surface area (Å²) in [6, 6.07) is 0.561. The first-order chi connectivity index (χ1) is 7.93. The van der Waals surface area contributed by atoms with Crippen LogP contribution in [0, 0.1) is 0 Å². The standard InChI is InChI=1S/C13H28N2O2/c1-6-11(3)15(5)10-8-9-13(7-2,14-4)12(16)17/h11,14H,6-10H2,1-5H3,(H,16,17). The predicted molar refractivity (Wildman–Crippen MR) is 71.3 cm³/mol. The van der Waals surface area contributed by atoms with E-state index in [9.17, 15) is 9.90 Å². The van der Waals surface area contributed by atoms with Gasteiger partial charge in [0.1, 0.15) is 5.54 Å². The van der Waals surface area contributed by atoms with E-state index in [1.54, 1.807) is 7.05 Å². The van der Waals surface area contributed by atoms with Crippen LogP contribution in [0.3, 0.4) is 0 Å². The van der Waals surface area contributed by atoms with Crippen LogP contribution in [0.5, 0.6) is 0 Å². The molecule has 4 heteroatoms. The van der Waals surface area contributed by atoms with E-state index in [0.717, 1.165) is 19.4 Å². The van der Waals surface area contributed by atoms with Crippen LogP contribution >= 0.6 is 0 Å². The van der Waals surface area contributed by atoms with Crippen molar-refractivity contribution in [3.8, 4) is 0 Å². The summed E-state index contributed by atoms with van der Waals surface area (Å²) in [5.41, 5.74) is -0.754. The molecule has 0 aliphatic carbocycles. The second kappa shape index (κ2) is 7.67. The number of hydrogen-bond acceptors (Lipinski definition) is 3. The minimum absolute atomic E-state index is 0.561. The molecule has 0 spiro atoms. The topological polar surface area (TPSA) is 52.6 Å². The van der Waals surface area contributed by atoms with E-state index >= 15 is 0 Å². The summed E-state index contributed by atoms with van der Waals surface area (Å²) >= 11 is 0. The molecule has 4 nitrogen and oxygen atoms in total. The first kappa shape index (κ1) is 16.4. The van der Waals surface area contributed by atoms with Gasteiger partial charge in [-0.25, -0.2) is 0 Å². The highest BCUT2D eigenvalue weighted by molar-refractivity contribution is 5.78. The molecule has 0 fully saturated rings. The number of carbonyl (C=O) groups is 1. The molecular weight excluding hydrogens is 216 g/mol. The molecule has 0 amide bonds.